The maximum absolute atomic E-state index is 9.17. The molecule has 1 fully saturated rings. The van der Waals surface area contributed by atoms with Crippen LogP contribution in [0, 0.1) is 5.92 Å². The maximum Gasteiger partial charge on any atom is 0.153 e. The summed E-state index contributed by atoms with van der Waals surface area (Å²) in [4.78, 5) is 0. The maximum atomic E-state index is 9.17. The van der Waals surface area contributed by atoms with Gasteiger partial charge in [0.15, 0.2) is 5.75 Å². The van der Waals surface area contributed by atoms with Crippen molar-refractivity contribution in [2.75, 3.05) is 0 Å². The van der Waals surface area contributed by atoms with Gasteiger partial charge in [-0.1, -0.05) is 19.8 Å². The summed E-state index contributed by atoms with van der Waals surface area (Å²) >= 11 is 0. The minimum atomic E-state index is 0.276. The van der Waals surface area contributed by atoms with Crippen molar-refractivity contribution in [3.05, 3.63) is 12.4 Å². The molecule has 2 unspecified atom stereocenters. The van der Waals surface area contributed by atoms with Crippen LogP contribution in [-0.4, -0.2) is 14.9 Å². The summed E-state index contributed by atoms with van der Waals surface area (Å²) in [7, 11) is 0. The van der Waals surface area contributed by atoms with E-state index >= 15 is 0 Å². The van der Waals surface area contributed by atoms with Gasteiger partial charge >= 0.3 is 0 Å². The van der Waals surface area contributed by atoms with Crippen molar-refractivity contribution in [2.24, 2.45) is 5.92 Å². The van der Waals surface area contributed by atoms with E-state index in [1.807, 2.05) is 4.68 Å². The minimum absolute atomic E-state index is 0.276. The summed E-state index contributed by atoms with van der Waals surface area (Å²) in [5.74, 6) is 1.07. The number of rotatable bonds is 1. The van der Waals surface area contributed by atoms with Gasteiger partial charge in [-0.3, -0.25) is 4.68 Å². The molecule has 0 spiro atoms. The monoisotopic (exact) mass is 180 g/mol. The Balaban J connectivity index is 2.08. The first-order valence-electron chi connectivity index (χ1n) is 4.99. The van der Waals surface area contributed by atoms with Crippen molar-refractivity contribution in [3.8, 4) is 5.75 Å². The number of aromatic hydroxyl groups is 1. The van der Waals surface area contributed by atoms with E-state index in [9.17, 15) is 0 Å². The predicted molar refractivity (Wildman–Crippen MR) is 50.6 cm³/mol. The van der Waals surface area contributed by atoms with Gasteiger partial charge in [-0.25, -0.2) is 0 Å². The Labute approximate surface area is 78.4 Å². The molecule has 1 aliphatic rings. The number of hydrogen-bond acceptors (Lipinski definition) is 2. The van der Waals surface area contributed by atoms with E-state index in [1.54, 1.807) is 6.20 Å². The van der Waals surface area contributed by atoms with Crippen molar-refractivity contribution >= 4 is 0 Å². The molecule has 0 aliphatic heterocycles. The van der Waals surface area contributed by atoms with Crippen molar-refractivity contribution < 1.29 is 5.11 Å². The zero-order valence-electron chi connectivity index (χ0n) is 7.98. The molecular weight excluding hydrogens is 164 g/mol. The third-order valence-corrected chi connectivity index (χ3v) is 2.87. The van der Waals surface area contributed by atoms with Crippen LogP contribution in [0.2, 0.25) is 0 Å². The predicted octanol–water partition coefficient (Wildman–Crippen LogP) is 2.34. The normalized spacial score (nSPS) is 29.0. The number of hydrogen-bond donors (Lipinski definition) is 1. The lowest BCUT2D eigenvalue weighted by atomic mass is 9.87. The Morgan fingerprint density at radius 2 is 2.38 bits per heavy atom. The van der Waals surface area contributed by atoms with Crippen molar-refractivity contribution in [1.82, 2.24) is 9.78 Å². The molecule has 3 nitrogen and oxygen atoms in total. The van der Waals surface area contributed by atoms with Crippen molar-refractivity contribution in [2.45, 2.75) is 38.6 Å². The SMILES string of the molecule is CC1CCCC(n2cc(O)cn2)C1. The number of aromatic nitrogens is 2. The molecule has 0 bridgehead atoms. The molecule has 0 amide bonds. The van der Waals surface area contributed by atoms with Gasteiger partial charge in [-0.05, 0) is 18.8 Å². The van der Waals surface area contributed by atoms with Gasteiger partial charge in [-0.2, -0.15) is 5.10 Å². The highest BCUT2D eigenvalue weighted by molar-refractivity contribution is 5.09. The molecule has 3 heteroatoms. The van der Waals surface area contributed by atoms with Crippen molar-refractivity contribution in [1.29, 1.82) is 0 Å². The summed E-state index contributed by atoms with van der Waals surface area (Å²) in [6.07, 6.45) is 8.25. The fraction of sp³-hybridized carbons (Fsp3) is 0.700. The molecule has 72 valence electrons. The van der Waals surface area contributed by atoms with E-state index in [2.05, 4.69) is 12.0 Å². The molecule has 1 aromatic rings. The van der Waals surface area contributed by atoms with Crippen LogP contribution in [0.5, 0.6) is 5.75 Å². The smallest absolute Gasteiger partial charge is 0.153 e. The van der Waals surface area contributed by atoms with Gasteiger partial charge in [-0.15, -0.1) is 0 Å². The van der Waals surface area contributed by atoms with E-state index in [0.717, 1.165) is 5.92 Å². The van der Waals surface area contributed by atoms with Crippen LogP contribution in [0.25, 0.3) is 0 Å². The molecule has 0 aromatic carbocycles. The second-order valence-electron chi connectivity index (χ2n) is 4.10. The third-order valence-electron chi connectivity index (χ3n) is 2.87. The van der Waals surface area contributed by atoms with Crippen LogP contribution >= 0.6 is 0 Å². The summed E-state index contributed by atoms with van der Waals surface area (Å²) in [6.45, 7) is 2.29. The zero-order chi connectivity index (χ0) is 9.26. The van der Waals surface area contributed by atoms with Crippen molar-refractivity contribution in [3.63, 3.8) is 0 Å². The Hall–Kier alpha value is -0.990. The van der Waals surface area contributed by atoms with Gasteiger partial charge in [0.05, 0.1) is 18.4 Å². The summed E-state index contributed by atoms with van der Waals surface area (Å²) < 4.78 is 1.91. The van der Waals surface area contributed by atoms with Gasteiger partial charge < -0.3 is 5.11 Å². The highest BCUT2D eigenvalue weighted by Crippen LogP contribution is 2.32. The molecule has 0 radical (unpaired) electrons. The molecule has 1 heterocycles. The Morgan fingerprint density at radius 1 is 1.54 bits per heavy atom. The summed E-state index contributed by atoms with van der Waals surface area (Å²) in [6, 6.07) is 0.504. The van der Waals surface area contributed by atoms with Gasteiger partial charge in [0.25, 0.3) is 0 Å². The lowest BCUT2D eigenvalue weighted by Crippen LogP contribution is -2.17. The molecule has 0 saturated heterocycles. The van der Waals surface area contributed by atoms with Gasteiger partial charge in [0.1, 0.15) is 0 Å². The first-order valence-corrected chi connectivity index (χ1v) is 4.99. The van der Waals surface area contributed by atoms with Crippen LogP contribution in [0.15, 0.2) is 12.4 Å². The largest absolute Gasteiger partial charge is 0.505 e. The van der Waals surface area contributed by atoms with E-state index in [0.29, 0.717) is 6.04 Å². The lowest BCUT2D eigenvalue weighted by Gasteiger charge is -2.26. The number of nitrogens with zero attached hydrogens (tertiary/aromatic N) is 2. The second-order valence-corrected chi connectivity index (χ2v) is 4.10. The van der Waals surface area contributed by atoms with E-state index in [1.165, 1.54) is 31.9 Å². The van der Waals surface area contributed by atoms with Gasteiger partial charge in [0, 0.05) is 0 Å². The van der Waals surface area contributed by atoms with Crippen LogP contribution in [0.1, 0.15) is 38.6 Å². The fourth-order valence-electron chi connectivity index (χ4n) is 2.17. The fourth-order valence-corrected chi connectivity index (χ4v) is 2.17. The summed E-state index contributed by atoms with van der Waals surface area (Å²) in [5.41, 5.74) is 0. The molecule has 1 N–H and O–H groups in total. The van der Waals surface area contributed by atoms with E-state index < -0.39 is 0 Å². The van der Waals surface area contributed by atoms with E-state index in [4.69, 9.17) is 5.11 Å². The Kier molecular flexibility index (Phi) is 2.25. The second kappa shape index (κ2) is 3.40. The third kappa shape index (κ3) is 1.85. The van der Waals surface area contributed by atoms with E-state index in [-0.39, 0.29) is 5.75 Å². The quantitative estimate of drug-likeness (QED) is 0.720. The molecule has 1 aliphatic carbocycles. The molecule has 1 saturated carbocycles. The molecule has 2 rings (SSSR count). The standard InChI is InChI=1S/C10H16N2O/c1-8-3-2-4-9(5-8)12-7-10(13)6-11-12/h6-9,13H,2-5H2,1H3. The average molecular weight is 180 g/mol. The van der Waals surface area contributed by atoms with Crippen LogP contribution in [0.3, 0.4) is 0 Å². The van der Waals surface area contributed by atoms with Gasteiger partial charge in [0.2, 0.25) is 0 Å². The first kappa shape index (κ1) is 8.60. The van der Waals surface area contributed by atoms with Crippen LogP contribution < -0.4 is 0 Å². The first-order chi connectivity index (χ1) is 6.25. The molecule has 13 heavy (non-hydrogen) atoms. The highest BCUT2D eigenvalue weighted by atomic mass is 16.3. The topological polar surface area (TPSA) is 38.0 Å². The Bertz CT molecular complexity index is 282. The Morgan fingerprint density at radius 3 is 3.00 bits per heavy atom. The molecule has 2 atom stereocenters. The minimum Gasteiger partial charge on any atom is -0.505 e. The highest BCUT2D eigenvalue weighted by Gasteiger charge is 2.20. The lowest BCUT2D eigenvalue weighted by molar-refractivity contribution is 0.266. The van der Waals surface area contributed by atoms with Crippen LogP contribution in [-0.2, 0) is 0 Å². The molecular formula is C10H16N2O. The van der Waals surface area contributed by atoms with Crippen LogP contribution in [0.4, 0.5) is 0 Å². The zero-order valence-corrected chi connectivity index (χ0v) is 7.98. The molecule has 1 aromatic heterocycles. The summed E-state index contributed by atoms with van der Waals surface area (Å²) in [5, 5.41) is 13.3. The average Bonchev–Trinajstić information content (AvgIpc) is 2.52.